The summed E-state index contributed by atoms with van der Waals surface area (Å²) in [6.07, 6.45) is 3.16. The molecule has 3 nitrogen and oxygen atoms in total. The number of benzene rings is 2. The Kier molecular flexibility index (Phi) is 6.49. The second kappa shape index (κ2) is 8.83. The molecule has 0 spiro atoms. The largest absolute Gasteiger partial charge is 0.381 e. The van der Waals surface area contributed by atoms with E-state index in [-0.39, 0.29) is 11.3 Å². The summed E-state index contributed by atoms with van der Waals surface area (Å²) in [5.41, 5.74) is 3.68. The monoisotopic (exact) mass is 415 g/mol. The van der Waals surface area contributed by atoms with E-state index in [1.165, 1.54) is 16.7 Å². The van der Waals surface area contributed by atoms with E-state index in [2.05, 4.69) is 64.6 Å². The van der Waals surface area contributed by atoms with Gasteiger partial charge in [-0.1, -0.05) is 57.9 Å². The quantitative estimate of drug-likeness (QED) is 0.750. The standard InChI is InChI=1S/C22H26BrNO2/c1-17-4-2-5-18(14-17)8-9-21(25)24-16-22(10-12-26-13-11-22)19-6-3-7-20(23)15-19/h2-7,14-15H,8-13,16H2,1H3,(H,24,25). The van der Waals surface area contributed by atoms with E-state index in [1.54, 1.807) is 0 Å². The lowest BCUT2D eigenvalue weighted by Gasteiger charge is -2.38. The Hall–Kier alpha value is -1.65. The Morgan fingerprint density at radius 1 is 1.15 bits per heavy atom. The molecule has 0 aliphatic carbocycles. The molecule has 1 fully saturated rings. The summed E-state index contributed by atoms with van der Waals surface area (Å²) >= 11 is 3.57. The first kappa shape index (κ1) is 19.1. The number of amides is 1. The first-order valence-electron chi connectivity index (χ1n) is 9.23. The molecule has 138 valence electrons. The molecule has 2 aromatic carbocycles. The average molecular weight is 416 g/mol. The van der Waals surface area contributed by atoms with Crippen LogP contribution in [0.4, 0.5) is 0 Å². The number of carbonyl (C=O) groups is 1. The van der Waals surface area contributed by atoms with E-state index in [0.717, 1.165) is 36.9 Å². The number of hydrogen-bond acceptors (Lipinski definition) is 2. The van der Waals surface area contributed by atoms with Crippen LogP contribution in [0.25, 0.3) is 0 Å². The molecule has 0 radical (unpaired) electrons. The van der Waals surface area contributed by atoms with Crippen molar-refractivity contribution in [2.45, 2.75) is 38.0 Å². The molecule has 1 saturated heterocycles. The number of nitrogens with one attached hydrogen (secondary N) is 1. The van der Waals surface area contributed by atoms with Crippen molar-refractivity contribution in [1.29, 1.82) is 0 Å². The minimum absolute atomic E-state index is 0.0406. The first-order valence-corrected chi connectivity index (χ1v) is 10.0. The fourth-order valence-corrected chi connectivity index (χ4v) is 4.03. The van der Waals surface area contributed by atoms with Crippen LogP contribution in [-0.2, 0) is 21.4 Å². The van der Waals surface area contributed by atoms with Gasteiger partial charge in [0, 0.05) is 36.1 Å². The van der Waals surface area contributed by atoms with Crippen molar-refractivity contribution in [2.75, 3.05) is 19.8 Å². The molecule has 1 N–H and O–H groups in total. The molecule has 4 heteroatoms. The molecule has 26 heavy (non-hydrogen) atoms. The lowest BCUT2D eigenvalue weighted by molar-refractivity contribution is -0.121. The van der Waals surface area contributed by atoms with Gasteiger partial charge in [-0.15, -0.1) is 0 Å². The van der Waals surface area contributed by atoms with Gasteiger partial charge in [0.25, 0.3) is 0 Å². The highest BCUT2D eigenvalue weighted by Gasteiger charge is 2.34. The van der Waals surface area contributed by atoms with E-state index in [1.807, 2.05) is 12.1 Å². The lowest BCUT2D eigenvalue weighted by Crippen LogP contribution is -2.44. The lowest BCUT2D eigenvalue weighted by atomic mass is 9.74. The topological polar surface area (TPSA) is 38.3 Å². The van der Waals surface area contributed by atoms with Crippen molar-refractivity contribution in [3.8, 4) is 0 Å². The van der Waals surface area contributed by atoms with Crippen molar-refractivity contribution in [3.05, 3.63) is 69.7 Å². The van der Waals surface area contributed by atoms with Crippen LogP contribution in [0.3, 0.4) is 0 Å². The van der Waals surface area contributed by atoms with E-state index in [9.17, 15) is 4.79 Å². The fourth-order valence-electron chi connectivity index (χ4n) is 3.63. The van der Waals surface area contributed by atoms with E-state index >= 15 is 0 Å². The van der Waals surface area contributed by atoms with Crippen molar-refractivity contribution in [2.24, 2.45) is 0 Å². The first-order chi connectivity index (χ1) is 12.6. The molecule has 1 heterocycles. The second-order valence-electron chi connectivity index (χ2n) is 7.17. The third-order valence-corrected chi connectivity index (χ3v) is 5.73. The van der Waals surface area contributed by atoms with E-state index in [4.69, 9.17) is 4.74 Å². The maximum absolute atomic E-state index is 12.4. The van der Waals surface area contributed by atoms with Crippen molar-refractivity contribution in [1.82, 2.24) is 5.32 Å². The normalized spacial score (nSPS) is 16.2. The van der Waals surface area contributed by atoms with Gasteiger partial charge in [0.1, 0.15) is 0 Å². The number of ether oxygens (including phenoxy) is 1. The second-order valence-corrected chi connectivity index (χ2v) is 8.08. The summed E-state index contributed by atoms with van der Waals surface area (Å²) in [6, 6.07) is 16.8. The van der Waals surface area contributed by atoms with Gasteiger partial charge in [0.2, 0.25) is 5.91 Å². The van der Waals surface area contributed by atoms with Gasteiger partial charge in [-0.05, 0) is 49.4 Å². The Balaban J connectivity index is 1.61. The third-order valence-electron chi connectivity index (χ3n) is 5.23. The van der Waals surface area contributed by atoms with Crippen LogP contribution in [0.2, 0.25) is 0 Å². The average Bonchev–Trinajstić information content (AvgIpc) is 2.65. The number of aryl methyl sites for hydroxylation is 2. The molecule has 0 bridgehead atoms. The van der Waals surface area contributed by atoms with Gasteiger partial charge in [-0.25, -0.2) is 0 Å². The molecular formula is C22H26BrNO2. The van der Waals surface area contributed by atoms with E-state index in [0.29, 0.717) is 13.0 Å². The number of rotatable bonds is 6. The molecular weight excluding hydrogens is 390 g/mol. The van der Waals surface area contributed by atoms with Crippen LogP contribution >= 0.6 is 15.9 Å². The molecule has 1 aliphatic heterocycles. The molecule has 0 saturated carbocycles. The maximum Gasteiger partial charge on any atom is 0.220 e. The van der Waals surface area contributed by atoms with Gasteiger partial charge in [0.15, 0.2) is 0 Å². The Bertz CT molecular complexity index is 753. The van der Waals surface area contributed by atoms with Gasteiger partial charge in [-0.3, -0.25) is 4.79 Å². The van der Waals surface area contributed by atoms with Gasteiger partial charge in [-0.2, -0.15) is 0 Å². The van der Waals surface area contributed by atoms with Crippen LogP contribution in [0.15, 0.2) is 53.0 Å². The predicted molar refractivity (Wildman–Crippen MR) is 108 cm³/mol. The van der Waals surface area contributed by atoms with Crippen LogP contribution in [0.1, 0.15) is 36.0 Å². The zero-order valence-corrected chi connectivity index (χ0v) is 16.8. The Morgan fingerprint density at radius 2 is 1.92 bits per heavy atom. The summed E-state index contributed by atoms with van der Waals surface area (Å²) in [6.45, 7) is 4.23. The third kappa shape index (κ3) is 4.95. The molecule has 2 aromatic rings. The zero-order valence-electron chi connectivity index (χ0n) is 15.3. The minimum atomic E-state index is -0.0406. The molecule has 1 aliphatic rings. The van der Waals surface area contributed by atoms with Gasteiger partial charge in [0.05, 0.1) is 0 Å². The Labute approximate surface area is 164 Å². The molecule has 3 rings (SSSR count). The highest BCUT2D eigenvalue weighted by atomic mass is 79.9. The summed E-state index contributed by atoms with van der Waals surface area (Å²) in [5, 5.41) is 3.19. The Morgan fingerprint density at radius 3 is 2.65 bits per heavy atom. The van der Waals surface area contributed by atoms with E-state index < -0.39 is 0 Å². The highest BCUT2D eigenvalue weighted by molar-refractivity contribution is 9.10. The smallest absolute Gasteiger partial charge is 0.220 e. The zero-order chi connectivity index (χ0) is 18.4. The van der Waals surface area contributed by atoms with Gasteiger partial charge < -0.3 is 10.1 Å². The minimum Gasteiger partial charge on any atom is -0.381 e. The van der Waals surface area contributed by atoms with Crippen molar-refractivity contribution < 1.29 is 9.53 Å². The number of carbonyl (C=O) groups excluding carboxylic acids is 1. The highest BCUT2D eigenvalue weighted by Crippen LogP contribution is 2.35. The maximum atomic E-state index is 12.4. The molecule has 0 aromatic heterocycles. The SMILES string of the molecule is Cc1cccc(CCC(=O)NCC2(c3cccc(Br)c3)CCOCC2)c1. The summed E-state index contributed by atoms with van der Waals surface area (Å²) in [4.78, 5) is 12.4. The number of hydrogen-bond donors (Lipinski definition) is 1. The van der Waals surface area contributed by atoms with Crippen LogP contribution < -0.4 is 5.32 Å². The molecule has 1 amide bonds. The van der Waals surface area contributed by atoms with Crippen LogP contribution in [-0.4, -0.2) is 25.7 Å². The van der Waals surface area contributed by atoms with Crippen molar-refractivity contribution >= 4 is 21.8 Å². The molecule has 0 unspecified atom stereocenters. The van der Waals surface area contributed by atoms with Gasteiger partial charge >= 0.3 is 0 Å². The summed E-state index contributed by atoms with van der Waals surface area (Å²) in [7, 11) is 0. The number of halogens is 1. The molecule has 0 atom stereocenters. The predicted octanol–water partition coefficient (Wildman–Crippen LogP) is 4.55. The van der Waals surface area contributed by atoms with Crippen LogP contribution in [0, 0.1) is 6.92 Å². The summed E-state index contributed by atoms with van der Waals surface area (Å²) in [5.74, 6) is 0.118. The van der Waals surface area contributed by atoms with Crippen molar-refractivity contribution in [3.63, 3.8) is 0 Å². The summed E-state index contributed by atoms with van der Waals surface area (Å²) < 4.78 is 6.65. The fraction of sp³-hybridized carbons (Fsp3) is 0.409. The van der Waals surface area contributed by atoms with Crippen LogP contribution in [0.5, 0.6) is 0 Å².